The fourth-order valence-corrected chi connectivity index (χ4v) is 1.58. The van der Waals surface area contributed by atoms with Gasteiger partial charge in [-0.1, -0.05) is 37.3 Å². The lowest BCUT2D eigenvalue weighted by Gasteiger charge is -2.13. The van der Waals surface area contributed by atoms with Crippen LogP contribution in [0.1, 0.15) is 30.1 Å². The van der Waals surface area contributed by atoms with E-state index in [2.05, 4.69) is 0 Å². The van der Waals surface area contributed by atoms with Crippen LogP contribution in [0.4, 0.5) is 0 Å². The SMILES string of the molecule is CC(CCC(=O)N(C)C)C(=O)c1ccccc1. The molecule has 1 amide bonds. The summed E-state index contributed by atoms with van der Waals surface area (Å²) in [5, 5.41) is 0. The van der Waals surface area contributed by atoms with E-state index in [4.69, 9.17) is 0 Å². The van der Waals surface area contributed by atoms with Crippen LogP contribution in [0, 0.1) is 5.92 Å². The smallest absolute Gasteiger partial charge is 0.222 e. The zero-order valence-corrected chi connectivity index (χ0v) is 10.6. The molecule has 0 aliphatic rings. The Balaban J connectivity index is 2.51. The third kappa shape index (κ3) is 4.02. The van der Waals surface area contributed by atoms with E-state index < -0.39 is 0 Å². The number of Topliss-reactive ketones (excluding diaryl/α,β-unsaturated/α-hetero) is 1. The average Bonchev–Trinajstić information content (AvgIpc) is 2.35. The van der Waals surface area contributed by atoms with Crippen molar-refractivity contribution in [2.45, 2.75) is 19.8 Å². The van der Waals surface area contributed by atoms with Crippen molar-refractivity contribution >= 4 is 11.7 Å². The number of ketones is 1. The zero-order valence-electron chi connectivity index (χ0n) is 10.6. The number of amides is 1. The lowest BCUT2D eigenvalue weighted by atomic mass is 9.95. The molecule has 0 N–H and O–H groups in total. The first-order chi connectivity index (χ1) is 8.02. The Hall–Kier alpha value is -1.64. The van der Waals surface area contributed by atoms with Crippen molar-refractivity contribution in [3.8, 4) is 0 Å². The third-order valence-corrected chi connectivity index (χ3v) is 2.80. The summed E-state index contributed by atoms with van der Waals surface area (Å²) >= 11 is 0. The molecule has 0 saturated heterocycles. The van der Waals surface area contributed by atoms with Crippen molar-refractivity contribution < 1.29 is 9.59 Å². The topological polar surface area (TPSA) is 37.4 Å². The molecule has 92 valence electrons. The van der Waals surface area contributed by atoms with Crippen molar-refractivity contribution in [1.82, 2.24) is 4.90 Å². The summed E-state index contributed by atoms with van der Waals surface area (Å²) in [6.45, 7) is 1.87. The second kappa shape index (κ2) is 6.18. The molecule has 0 aliphatic heterocycles. The first-order valence-corrected chi connectivity index (χ1v) is 5.81. The van der Waals surface area contributed by atoms with Gasteiger partial charge >= 0.3 is 0 Å². The molecule has 0 saturated carbocycles. The standard InChI is InChI=1S/C14H19NO2/c1-11(9-10-13(16)15(2)3)14(17)12-7-5-4-6-8-12/h4-8,11H,9-10H2,1-3H3. The summed E-state index contributed by atoms with van der Waals surface area (Å²) in [6.07, 6.45) is 1.03. The van der Waals surface area contributed by atoms with Crippen LogP contribution >= 0.6 is 0 Å². The normalized spacial score (nSPS) is 11.9. The molecule has 1 aromatic carbocycles. The van der Waals surface area contributed by atoms with Gasteiger partial charge in [0.2, 0.25) is 5.91 Å². The Morgan fingerprint density at radius 3 is 2.29 bits per heavy atom. The highest BCUT2D eigenvalue weighted by Gasteiger charge is 2.16. The van der Waals surface area contributed by atoms with Gasteiger partial charge in [0, 0.05) is 32.0 Å². The van der Waals surface area contributed by atoms with E-state index >= 15 is 0 Å². The van der Waals surface area contributed by atoms with Crippen molar-refractivity contribution in [2.75, 3.05) is 14.1 Å². The molecule has 0 fully saturated rings. The van der Waals surface area contributed by atoms with E-state index in [0.29, 0.717) is 12.8 Å². The Morgan fingerprint density at radius 1 is 1.18 bits per heavy atom. The fraction of sp³-hybridized carbons (Fsp3) is 0.429. The van der Waals surface area contributed by atoms with Gasteiger partial charge in [-0.05, 0) is 6.42 Å². The molecular formula is C14H19NO2. The Kier molecular flexibility index (Phi) is 4.88. The van der Waals surface area contributed by atoms with E-state index in [1.165, 1.54) is 0 Å². The molecule has 0 bridgehead atoms. The first kappa shape index (κ1) is 13.4. The molecule has 1 aromatic rings. The van der Waals surface area contributed by atoms with Crippen LogP contribution < -0.4 is 0 Å². The maximum absolute atomic E-state index is 12.0. The zero-order chi connectivity index (χ0) is 12.8. The van der Waals surface area contributed by atoms with Crippen LogP contribution in [-0.4, -0.2) is 30.7 Å². The number of nitrogens with zero attached hydrogens (tertiary/aromatic N) is 1. The Morgan fingerprint density at radius 2 is 1.76 bits per heavy atom. The number of hydrogen-bond donors (Lipinski definition) is 0. The van der Waals surface area contributed by atoms with E-state index in [0.717, 1.165) is 5.56 Å². The maximum Gasteiger partial charge on any atom is 0.222 e. The molecule has 1 atom stereocenters. The quantitative estimate of drug-likeness (QED) is 0.732. The molecular weight excluding hydrogens is 214 g/mol. The van der Waals surface area contributed by atoms with Gasteiger partial charge in [-0.2, -0.15) is 0 Å². The number of hydrogen-bond acceptors (Lipinski definition) is 2. The fourth-order valence-electron chi connectivity index (χ4n) is 1.58. The molecule has 1 rings (SSSR count). The van der Waals surface area contributed by atoms with E-state index in [1.807, 2.05) is 37.3 Å². The summed E-state index contributed by atoms with van der Waals surface area (Å²) < 4.78 is 0. The molecule has 0 radical (unpaired) electrons. The second-order valence-corrected chi connectivity index (χ2v) is 4.46. The third-order valence-electron chi connectivity index (χ3n) is 2.80. The van der Waals surface area contributed by atoms with Crippen molar-refractivity contribution in [1.29, 1.82) is 0 Å². The number of carbonyl (C=O) groups excluding carboxylic acids is 2. The van der Waals surface area contributed by atoms with Crippen LogP contribution in [0.15, 0.2) is 30.3 Å². The van der Waals surface area contributed by atoms with Crippen LogP contribution in [0.25, 0.3) is 0 Å². The van der Waals surface area contributed by atoms with Gasteiger partial charge in [-0.3, -0.25) is 9.59 Å². The van der Waals surface area contributed by atoms with Gasteiger partial charge in [0.25, 0.3) is 0 Å². The van der Waals surface area contributed by atoms with Crippen molar-refractivity contribution in [3.63, 3.8) is 0 Å². The van der Waals surface area contributed by atoms with Crippen LogP contribution in [0.3, 0.4) is 0 Å². The molecule has 0 heterocycles. The van der Waals surface area contributed by atoms with E-state index in [-0.39, 0.29) is 17.6 Å². The monoisotopic (exact) mass is 233 g/mol. The van der Waals surface area contributed by atoms with Crippen molar-refractivity contribution in [2.24, 2.45) is 5.92 Å². The molecule has 3 nitrogen and oxygen atoms in total. The molecule has 1 unspecified atom stereocenters. The van der Waals surface area contributed by atoms with Crippen LogP contribution in [-0.2, 0) is 4.79 Å². The summed E-state index contributed by atoms with van der Waals surface area (Å²) in [5.74, 6) is 0.0659. The molecule has 0 aliphatic carbocycles. The minimum Gasteiger partial charge on any atom is -0.349 e. The molecule has 17 heavy (non-hydrogen) atoms. The minimum atomic E-state index is -0.110. The summed E-state index contributed by atoms with van der Waals surface area (Å²) in [6, 6.07) is 9.21. The number of benzene rings is 1. The average molecular weight is 233 g/mol. The molecule has 0 spiro atoms. The van der Waals surface area contributed by atoms with Crippen molar-refractivity contribution in [3.05, 3.63) is 35.9 Å². The number of carbonyl (C=O) groups is 2. The first-order valence-electron chi connectivity index (χ1n) is 5.81. The highest BCUT2D eigenvalue weighted by molar-refractivity contribution is 5.97. The lowest BCUT2D eigenvalue weighted by Crippen LogP contribution is -2.23. The highest BCUT2D eigenvalue weighted by atomic mass is 16.2. The predicted octanol–water partition coefficient (Wildman–Crippen LogP) is 2.37. The molecule has 0 aromatic heterocycles. The Labute approximate surface area is 102 Å². The largest absolute Gasteiger partial charge is 0.349 e. The van der Waals surface area contributed by atoms with Gasteiger partial charge in [-0.15, -0.1) is 0 Å². The Bertz CT molecular complexity index is 384. The summed E-state index contributed by atoms with van der Waals surface area (Å²) in [4.78, 5) is 25.0. The van der Waals surface area contributed by atoms with E-state index in [9.17, 15) is 9.59 Å². The summed E-state index contributed by atoms with van der Waals surface area (Å²) in [5.41, 5.74) is 0.720. The van der Waals surface area contributed by atoms with Crippen LogP contribution in [0.2, 0.25) is 0 Å². The van der Waals surface area contributed by atoms with Gasteiger partial charge in [0.05, 0.1) is 0 Å². The van der Waals surface area contributed by atoms with Gasteiger partial charge in [-0.25, -0.2) is 0 Å². The predicted molar refractivity (Wildman–Crippen MR) is 67.9 cm³/mol. The van der Waals surface area contributed by atoms with E-state index in [1.54, 1.807) is 19.0 Å². The minimum absolute atomic E-state index is 0.0673. The lowest BCUT2D eigenvalue weighted by molar-refractivity contribution is -0.128. The van der Waals surface area contributed by atoms with Crippen LogP contribution in [0.5, 0.6) is 0 Å². The van der Waals surface area contributed by atoms with Gasteiger partial charge in [0.15, 0.2) is 5.78 Å². The second-order valence-electron chi connectivity index (χ2n) is 4.46. The molecule has 3 heteroatoms. The van der Waals surface area contributed by atoms with Gasteiger partial charge < -0.3 is 4.90 Å². The highest BCUT2D eigenvalue weighted by Crippen LogP contribution is 2.14. The maximum atomic E-state index is 12.0. The number of rotatable bonds is 5. The van der Waals surface area contributed by atoms with Gasteiger partial charge in [0.1, 0.15) is 0 Å². The summed E-state index contributed by atoms with van der Waals surface area (Å²) in [7, 11) is 3.46.